The van der Waals surface area contributed by atoms with Crippen molar-refractivity contribution < 1.29 is 22.0 Å². The summed E-state index contributed by atoms with van der Waals surface area (Å²) < 4.78 is 54.5. The SMILES string of the molecule is CC(C)[C@H](NS(=O)(=O)c1ccccc1F)C(=O)NCCc1ccccc1F. The van der Waals surface area contributed by atoms with Crippen molar-refractivity contribution in [1.82, 2.24) is 10.0 Å². The molecule has 1 atom stereocenters. The summed E-state index contributed by atoms with van der Waals surface area (Å²) in [5.74, 6) is -2.19. The van der Waals surface area contributed by atoms with Crippen LogP contribution < -0.4 is 10.0 Å². The van der Waals surface area contributed by atoms with Crippen LogP contribution in [0.3, 0.4) is 0 Å². The molecular weight excluding hydrogens is 374 g/mol. The molecule has 2 rings (SSSR count). The Labute approximate surface area is 157 Å². The van der Waals surface area contributed by atoms with Gasteiger partial charge in [-0.15, -0.1) is 0 Å². The van der Waals surface area contributed by atoms with Gasteiger partial charge in [0, 0.05) is 6.54 Å². The second-order valence-electron chi connectivity index (χ2n) is 6.41. The summed E-state index contributed by atoms with van der Waals surface area (Å²) in [5.41, 5.74) is 0.450. The largest absolute Gasteiger partial charge is 0.354 e. The highest BCUT2D eigenvalue weighted by Crippen LogP contribution is 2.15. The maximum Gasteiger partial charge on any atom is 0.244 e. The molecule has 0 aliphatic heterocycles. The first kappa shape index (κ1) is 21.0. The molecule has 146 valence electrons. The maximum atomic E-state index is 13.8. The summed E-state index contributed by atoms with van der Waals surface area (Å²) in [6.07, 6.45) is 0.267. The van der Waals surface area contributed by atoms with Crippen molar-refractivity contribution in [3.05, 3.63) is 65.7 Å². The van der Waals surface area contributed by atoms with Crippen molar-refractivity contribution in [2.45, 2.75) is 31.2 Å². The van der Waals surface area contributed by atoms with Gasteiger partial charge in [0.05, 0.1) is 0 Å². The Morgan fingerprint density at radius 1 is 1.00 bits per heavy atom. The van der Waals surface area contributed by atoms with E-state index >= 15 is 0 Å². The number of nitrogens with one attached hydrogen (secondary N) is 2. The van der Waals surface area contributed by atoms with Crippen molar-refractivity contribution in [2.75, 3.05) is 6.54 Å². The van der Waals surface area contributed by atoms with Gasteiger partial charge in [-0.2, -0.15) is 4.72 Å². The number of hydrogen-bond acceptors (Lipinski definition) is 3. The summed E-state index contributed by atoms with van der Waals surface area (Å²) in [5, 5.41) is 2.60. The summed E-state index contributed by atoms with van der Waals surface area (Å²) in [6, 6.07) is 10.1. The zero-order valence-corrected chi connectivity index (χ0v) is 15.9. The molecule has 0 saturated heterocycles. The van der Waals surface area contributed by atoms with E-state index in [0.29, 0.717) is 5.56 Å². The predicted octanol–water partition coefficient (Wildman–Crippen LogP) is 2.63. The molecule has 0 unspecified atom stereocenters. The smallest absolute Gasteiger partial charge is 0.244 e. The van der Waals surface area contributed by atoms with Gasteiger partial charge in [0.2, 0.25) is 15.9 Å². The van der Waals surface area contributed by atoms with Gasteiger partial charge < -0.3 is 5.32 Å². The average Bonchev–Trinajstić information content (AvgIpc) is 2.61. The van der Waals surface area contributed by atoms with Crippen molar-refractivity contribution in [3.63, 3.8) is 0 Å². The minimum atomic E-state index is -4.21. The van der Waals surface area contributed by atoms with Crippen LogP contribution in [0, 0.1) is 17.6 Å². The van der Waals surface area contributed by atoms with E-state index in [2.05, 4.69) is 10.0 Å². The van der Waals surface area contributed by atoms with Crippen molar-refractivity contribution in [3.8, 4) is 0 Å². The van der Waals surface area contributed by atoms with Gasteiger partial charge in [0.15, 0.2) is 0 Å². The van der Waals surface area contributed by atoms with Gasteiger partial charge in [-0.1, -0.05) is 44.2 Å². The Kier molecular flexibility index (Phi) is 7.04. The van der Waals surface area contributed by atoms with E-state index in [0.717, 1.165) is 12.1 Å². The fraction of sp³-hybridized carbons (Fsp3) is 0.316. The first-order chi connectivity index (χ1) is 12.7. The molecule has 8 heteroatoms. The molecule has 0 saturated carbocycles. The number of carbonyl (C=O) groups is 1. The molecule has 0 aliphatic carbocycles. The van der Waals surface area contributed by atoms with Gasteiger partial charge in [-0.25, -0.2) is 17.2 Å². The van der Waals surface area contributed by atoms with Crippen molar-refractivity contribution >= 4 is 15.9 Å². The van der Waals surface area contributed by atoms with Crippen molar-refractivity contribution in [1.29, 1.82) is 0 Å². The second kappa shape index (κ2) is 9.05. The Hall–Kier alpha value is -2.32. The molecule has 5 nitrogen and oxygen atoms in total. The molecule has 0 aliphatic rings. The topological polar surface area (TPSA) is 75.3 Å². The van der Waals surface area contributed by atoms with Crippen LogP contribution in [-0.4, -0.2) is 26.9 Å². The van der Waals surface area contributed by atoms with Crippen LogP contribution in [0.25, 0.3) is 0 Å². The third-order valence-electron chi connectivity index (χ3n) is 4.01. The molecule has 0 heterocycles. The Bertz CT molecular complexity index is 901. The normalized spacial score (nSPS) is 12.8. The lowest BCUT2D eigenvalue weighted by Gasteiger charge is -2.22. The molecule has 2 aromatic rings. The van der Waals surface area contributed by atoms with E-state index in [1.165, 1.54) is 18.2 Å². The first-order valence-electron chi connectivity index (χ1n) is 8.50. The summed E-state index contributed by atoms with van der Waals surface area (Å²) in [6.45, 7) is 3.49. The van der Waals surface area contributed by atoms with Crippen LogP contribution in [0.4, 0.5) is 8.78 Å². The van der Waals surface area contributed by atoms with Crippen LogP contribution in [0.5, 0.6) is 0 Å². The Morgan fingerprint density at radius 2 is 1.59 bits per heavy atom. The van der Waals surface area contributed by atoms with E-state index in [-0.39, 0.29) is 24.7 Å². The van der Waals surface area contributed by atoms with Gasteiger partial charge in [-0.3, -0.25) is 4.79 Å². The van der Waals surface area contributed by atoms with Crippen molar-refractivity contribution in [2.24, 2.45) is 5.92 Å². The molecule has 27 heavy (non-hydrogen) atoms. The number of amides is 1. The summed E-state index contributed by atoms with van der Waals surface area (Å²) in [7, 11) is -4.21. The molecule has 0 radical (unpaired) electrons. The maximum absolute atomic E-state index is 13.8. The number of carbonyl (C=O) groups excluding carboxylic acids is 1. The number of benzene rings is 2. The van der Waals surface area contributed by atoms with Gasteiger partial charge in [0.1, 0.15) is 22.6 Å². The highest BCUT2D eigenvalue weighted by atomic mass is 32.2. The quantitative estimate of drug-likeness (QED) is 0.720. The lowest BCUT2D eigenvalue weighted by Crippen LogP contribution is -2.50. The highest BCUT2D eigenvalue weighted by molar-refractivity contribution is 7.89. The van der Waals surface area contributed by atoms with Crippen LogP contribution in [0.1, 0.15) is 19.4 Å². The third kappa shape index (κ3) is 5.58. The predicted molar refractivity (Wildman–Crippen MR) is 98.5 cm³/mol. The summed E-state index contributed by atoms with van der Waals surface area (Å²) in [4.78, 5) is 11.9. The monoisotopic (exact) mass is 396 g/mol. The number of hydrogen-bond donors (Lipinski definition) is 2. The Balaban J connectivity index is 2.05. The standard InChI is InChI=1S/C19H22F2N2O3S/c1-13(2)18(23-27(25,26)17-10-6-5-9-16(17)21)19(24)22-12-11-14-7-3-4-8-15(14)20/h3-10,13,18,23H,11-12H2,1-2H3,(H,22,24)/t18-/m0/s1. The van der Waals surface area contributed by atoms with E-state index in [1.807, 2.05) is 0 Å². The molecule has 0 bridgehead atoms. The lowest BCUT2D eigenvalue weighted by atomic mass is 10.0. The van der Waals surface area contributed by atoms with Gasteiger partial charge in [-0.05, 0) is 36.1 Å². The fourth-order valence-electron chi connectivity index (χ4n) is 2.52. The zero-order valence-electron chi connectivity index (χ0n) is 15.1. The minimum absolute atomic E-state index is 0.143. The fourth-order valence-corrected chi connectivity index (χ4v) is 3.94. The van der Waals surface area contributed by atoms with E-state index in [1.54, 1.807) is 32.0 Å². The van der Waals surface area contributed by atoms with E-state index < -0.39 is 32.7 Å². The first-order valence-corrected chi connectivity index (χ1v) is 9.98. The molecule has 0 spiro atoms. The molecule has 1 amide bonds. The number of sulfonamides is 1. The van der Waals surface area contributed by atoms with Crippen LogP contribution in [0.15, 0.2) is 53.4 Å². The average molecular weight is 396 g/mol. The Morgan fingerprint density at radius 3 is 2.19 bits per heavy atom. The molecule has 0 aromatic heterocycles. The van der Waals surface area contributed by atoms with Gasteiger partial charge in [0.25, 0.3) is 0 Å². The van der Waals surface area contributed by atoms with Crippen LogP contribution >= 0.6 is 0 Å². The summed E-state index contributed by atoms with van der Waals surface area (Å²) >= 11 is 0. The molecular formula is C19H22F2N2O3S. The second-order valence-corrected chi connectivity index (χ2v) is 8.09. The van der Waals surface area contributed by atoms with E-state index in [9.17, 15) is 22.0 Å². The van der Waals surface area contributed by atoms with E-state index in [4.69, 9.17) is 0 Å². The number of rotatable bonds is 8. The third-order valence-corrected chi connectivity index (χ3v) is 5.48. The minimum Gasteiger partial charge on any atom is -0.354 e. The highest BCUT2D eigenvalue weighted by Gasteiger charge is 2.29. The van der Waals surface area contributed by atoms with Crippen LogP contribution in [0.2, 0.25) is 0 Å². The molecule has 2 aromatic carbocycles. The zero-order chi connectivity index (χ0) is 20.0. The molecule has 0 fully saturated rings. The molecule has 2 N–H and O–H groups in total. The number of halogens is 2. The van der Waals surface area contributed by atoms with Gasteiger partial charge >= 0.3 is 0 Å². The van der Waals surface area contributed by atoms with Crippen LogP contribution in [-0.2, 0) is 21.2 Å². The lowest BCUT2D eigenvalue weighted by molar-refractivity contribution is -0.123.